The van der Waals surface area contributed by atoms with E-state index in [1.54, 1.807) is 6.33 Å². The molecule has 1 aromatic heterocycles. The first kappa shape index (κ1) is 15.2. The molecule has 1 amide bonds. The Kier molecular flexibility index (Phi) is 4.14. The summed E-state index contributed by atoms with van der Waals surface area (Å²) < 4.78 is 0. The molecule has 1 aliphatic heterocycles. The molecule has 3 N–H and O–H groups in total. The van der Waals surface area contributed by atoms with Gasteiger partial charge in [0.25, 0.3) is 0 Å². The van der Waals surface area contributed by atoms with E-state index in [9.17, 15) is 4.79 Å². The van der Waals surface area contributed by atoms with Crippen LogP contribution in [0, 0.1) is 17.8 Å². The van der Waals surface area contributed by atoms with Gasteiger partial charge in [0, 0.05) is 42.9 Å². The third-order valence-corrected chi connectivity index (χ3v) is 6.53. The molecule has 1 saturated heterocycles. The van der Waals surface area contributed by atoms with E-state index in [-0.39, 0.29) is 5.92 Å². The van der Waals surface area contributed by atoms with Gasteiger partial charge in [-0.05, 0) is 50.4 Å². The Hall–Kier alpha value is -1.36. The average molecular weight is 316 g/mol. The molecule has 3 fully saturated rings. The first-order valence-corrected chi connectivity index (χ1v) is 9.25. The van der Waals surface area contributed by atoms with E-state index in [2.05, 4.69) is 14.9 Å². The summed E-state index contributed by atoms with van der Waals surface area (Å²) in [5.74, 6) is 2.32. The van der Waals surface area contributed by atoms with Gasteiger partial charge in [0.15, 0.2) is 0 Å². The number of hydrogen-bond acceptors (Lipinski definition) is 3. The Bertz CT molecular complexity index is 521. The van der Waals surface area contributed by atoms with Crippen molar-refractivity contribution in [3.8, 4) is 0 Å². The lowest BCUT2D eigenvalue weighted by atomic mass is 9.65. The molecule has 2 heterocycles. The number of nitrogens with zero attached hydrogens (tertiary/aromatic N) is 2. The van der Waals surface area contributed by atoms with E-state index in [1.165, 1.54) is 25.0 Å². The predicted octanol–water partition coefficient (Wildman–Crippen LogP) is 2.27. The second-order valence-electron chi connectivity index (χ2n) is 7.80. The smallest absolute Gasteiger partial charge is 0.225 e. The quantitative estimate of drug-likeness (QED) is 0.879. The van der Waals surface area contributed by atoms with Crippen molar-refractivity contribution in [1.29, 1.82) is 0 Å². The van der Waals surface area contributed by atoms with Gasteiger partial charge in [0.1, 0.15) is 0 Å². The highest BCUT2D eigenvalue weighted by molar-refractivity contribution is 5.79. The monoisotopic (exact) mass is 316 g/mol. The van der Waals surface area contributed by atoms with Crippen LogP contribution in [-0.4, -0.2) is 39.9 Å². The number of hydrogen-bond donors (Lipinski definition) is 2. The van der Waals surface area contributed by atoms with Crippen LogP contribution in [0.1, 0.15) is 56.6 Å². The lowest BCUT2D eigenvalue weighted by molar-refractivity contribution is -0.139. The van der Waals surface area contributed by atoms with Crippen LogP contribution in [0.2, 0.25) is 0 Å². The van der Waals surface area contributed by atoms with Crippen molar-refractivity contribution in [3.63, 3.8) is 0 Å². The largest absolute Gasteiger partial charge is 0.348 e. The number of nitrogens with one attached hydrogen (secondary N) is 1. The number of carbonyl (C=O) groups excluding carboxylic acids is 1. The van der Waals surface area contributed by atoms with Crippen LogP contribution in [0.25, 0.3) is 0 Å². The molecule has 4 rings (SSSR count). The standard InChI is InChI=1S/C18H28N4O/c19-17-13-2-1-3-14(17)9-15(8-13)18(23)22-6-4-12(5-7-22)16-10-20-11-21-16/h10-15,17H,1-9,19H2,(H,20,21). The molecule has 3 aliphatic rings. The molecule has 2 unspecified atom stereocenters. The molecule has 5 nitrogen and oxygen atoms in total. The zero-order chi connectivity index (χ0) is 15.8. The predicted molar refractivity (Wildman–Crippen MR) is 88.7 cm³/mol. The van der Waals surface area contributed by atoms with Gasteiger partial charge >= 0.3 is 0 Å². The van der Waals surface area contributed by atoms with Gasteiger partial charge in [-0.15, -0.1) is 0 Å². The number of imidazole rings is 1. The minimum atomic E-state index is 0.230. The van der Waals surface area contributed by atoms with E-state index in [1.807, 2.05) is 6.20 Å². The average Bonchev–Trinajstić information content (AvgIpc) is 3.08. The van der Waals surface area contributed by atoms with Crippen LogP contribution in [0.5, 0.6) is 0 Å². The minimum absolute atomic E-state index is 0.230. The first-order chi connectivity index (χ1) is 11.2. The number of aromatic nitrogens is 2. The fourth-order valence-electron chi connectivity index (χ4n) is 5.15. The SMILES string of the molecule is NC1C2CCCC1CC(C(=O)N1CCC(c3cnc[nH]3)CC1)C2. The number of fused-ring (bicyclic) bond motifs is 2. The number of carbonyl (C=O) groups is 1. The van der Waals surface area contributed by atoms with Crippen molar-refractivity contribution in [1.82, 2.24) is 14.9 Å². The zero-order valence-corrected chi connectivity index (χ0v) is 13.8. The second kappa shape index (κ2) is 6.27. The van der Waals surface area contributed by atoms with Crippen LogP contribution in [-0.2, 0) is 4.79 Å². The summed E-state index contributed by atoms with van der Waals surface area (Å²) in [6.45, 7) is 1.78. The summed E-state index contributed by atoms with van der Waals surface area (Å²) in [7, 11) is 0. The Balaban J connectivity index is 1.35. The van der Waals surface area contributed by atoms with E-state index < -0.39 is 0 Å². The summed E-state index contributed by atoms with van der Waals surface area (Å²) in [6.07, 6.45) is 11.6. The molecule has 2 atom stereocenters. The van der Waals surface area contributed by atoms with Gasteiger partial charge in [0.2, 0.25) is 5.91 Å². The molecule has 2 bridgehead atoms. The molecule has 1 aromatic rings. The number of nitrogens with two attached hydrogens (primary N) is 1. The fraction of sp³-hybridized carbons (Fsp3) is 0.778. The third-order valence-electron chi connectivity index (χ3n) is 6.53. The maximum absolute atomic E-state index is 12.9. The van der Waals surface area contributed by atoms with Gasteiger partial charge in [-0.2, -0.15) is 0 Å². The molecular weight excluding hydrogens is 288 g/mol. The molecule has 126 valence electrons. The van der Waals surface area contributed by atoms with Crippen molar-refractivity contribution in [3.05, 3.63) is 18.2 Å². The maximum atomic E-state index is 12.9. The number of rotatable bonds is 2. The van der Waals surface area contributed by atoms with Crippen LogP contribution in [0.4, 0.5) is 0 Å². The highest BCUT2D eigenvalue weighted by Crippen LogP contribution is 2.42. The highest BCUT2D eigenvalue weighted by Gasteiger charge is 2.42. The first-order valence-electron chi connectivity index (χ1n) is 9.25. The Labute approximate surface area is 138 Å². The lowest BCUT2D eigenvalue weighted by Gasteiger charge is -2.45. The highest BCUT2D eigenvalue weighted by atomic mass is 16.2. The third kappa shape index (κ3) is 2.91. The van der Waals surface area contributed by atoms with Crippen molar-refractivity contribution in [2.45, 2.75) is 56.9 Å². The molecule has 2 aliphatic carbocycles. The van der Waals surface area contributed by atoms with Crippen LogP contribution in [0.15, 0.2) is 12.5 Å². The van der Waals surface area contributed by atoms with Crippen molar-refractivity contribution < 1.29 is 4.79 Å². The van der Waals surface area contributed by atoms with Crippen LogP contribution in [0.3, 0.4) is 0 Å². The van der Waals surface area contributed by atoms with Gasteiger partial charge in [-0.3, -0.25) is 4.79 Å². The van der Waals surface area contributed by atoms with Gasteiger partial charge in [-0.1, -0.05) is 6.42 Å². The van der Waals surface area contributed by atoms with Gasteiger partial charge in [-0.25, -0.2) is 4.98 Å². The number of H-pyrrole nitrogens is 1. The Morgan fingerprint density at radius 1 is 1.17 bits per heavy atom. The van der Waals surface area contributed by atoms with Gasteiger partial charge < -0.3 is 15.6 Å². The van der Waals surface area contributed by atoms with E-state index in [0.29, 0.717) is 29.7 Å². The summed E-state index contributed by atoms with van der Waals surface area (Å²) in [4.78, 5) is 22.4. The Morgan fingerprint density at radius 2 is 1.87 bits per heavy atom. The summed E-state index contributed by atoms with van der Waals surface area (Å²) in [5, 5.41) is 0. The minimum Gasteiger partial charge on any atom is -0.348 e. The van der Waals surface area contributed by atoms with Crippen LogP contribution < -0.4 is 5.73 Å². The summed E-state index contributed by atoms with van der Waals surface area (Å²) >= 11 is 0. The molecule has 5 heteroatoms. The molecular formula is C18H28N4O. The Morgan fingerprint density at radius 3 is 2.48 bits per heavy atom. The summed E-state index contributed by atoms with van der Waals surface area (Å²) in [5.41, 5.74) is 7.58. The summed E-state index contributed by atoms with van der Waals surface area (Å²) in [6, 6.07) is 0.346. The van der Waals surface area contributed by atoms with Crippen molar-refractivity contribution in [2.75, 3.05) is 13.1 Å². The van der Waals surface area contributed by atoms with E-state index in [4.69, 9.17) is 5.73 Å². The van der Waals surface area contributed by atoms with Crippen molar-refractivity contribution in [2.24, 2.45) is 23.5 Å². The molecule has 0 aromatic carbocycles. The number of aromatic amines is 1. The number of amides is 1. The second-order valence-corrected chi connectivity index (χ2v) is 7.80. The van der Waals surface area contributed by atoms with Crippen LogP contribution >= 0.6 is 0 Å². The van der Waals surface area contributed by atoms with E-state index in [0.717, 1.165) is 38.8 Å². The topological polar surface area (TPSA) is 75.0 Å². The van der Waals surface area contributed by atoms with E-state index >= 15 is 0 Å². The van der Waals surface area contributed by atoms with Crippen molar-refractivity contribution >= 4 is 5.91 Å². The lowest BCUT2D eigenvalue weighted by Crippen LogP contribution is -2.50. The fourth-order valence-corrected chi connectivity index (χ4v) is 5.15. The number of likely N-dealkylation sites (tertiary alicyclic amines) is 1. The maximum Gasteiger partial charge on any atom is 0.225 e. The molecule has 0 radical (unpaired) electrons. The molecule has 23 heavy (non-hydrogen) atoms. The van der Waals surface area contributed by atoms with Gasteiger partial charge in [0.05, 0.1) is 6.33 Å². The normalized spacial score (nSPS) is 35.3. The molecule has 0 spiro atoms. The molecule has 2 saturated carbocycles. The number of piperidine rings is 1. The zero-order valence-electron chi connectivity index (χ0n) is 13.8.